The molecule has 0 saturated carbocycles. The van der Waals surface area contributed by atoms with Crippen LogP contribution in [0.2, 0.25) is 5.02 Å². The Morgan fingerprint density at radius 2 is 2.29 bits per heavy atom. The van der Waals surface area contributed by atoms with E-state index >= 15 is 0 Å². The van der Waals surface area contributed by atoms with Crippen LogP contribution in [0.1, 0.15) is 25.1 Å². The number of aryl methyl sites for hydroxylation is 2. The highest BCUT2D eigenvalue weighted by molar-refractivity contribution is 6.32. The summed E-state index contributed by atoms with van der Waals surface area (Å²) in [5.74, 6) is 1.46. The molecular formula is C14H16ClN3O3. The Morgan fingerprint density at radius 3 is 2.90 bits per heavy atom. The van der Waals surface area contributed by atoms with E-state index in [9.17, 15) is 4.79 Å². The molecule has 1 N–H and O–H groups in total. The number of benzene rings is 1. The lowest BCUT2D eigenvalue weighted by atomic mass is 10.2. The molecule has 0 aliphatic carbocycles. The summed E-state index contributed by atoms with van der Waals surface area (Å²) in [6.07, 6.45) is 0.657. The van der Waals surface area contributed by atoms with Gasteiger partial charge in [0, 0.05) is 18.5 Å². The maximum atomic E-state index is 11.8. The molecule has 0 fully saturated rings. The van der Waals surface area contributed by atoms with Crippen molar-refractivity contribution < 1.29 is 14.1 Å². The van der Waals surface area contributed by atoms with E-state index < -0.39 is 0 Å². The van der Waals surface area contributed by atoms with Crippen LogP contribution in [-0.4, -0.2) is 22.7 Å². The first-order valence-corrected chi connectivity index (χ1v) is 6.97. The van der Waals surface area contributed by atoms with Gasteiger partial charge in [0.05, 0.1) is 11.6 Å². The van der Waals surface area contributed by atoms with Crippen LogP contribution in [0.25, 0.3) is 0 Å². The van der Waals surface area contributed by atoms with Crippen LogP contribution >= 0.6 is 11.6 Å². The van der Waals surface area contributed by atoms with Gasteiger partial charge in [-0.25, -0.2) is 0 Å². The van der Waals surface area contributed by atoms with E-state index in [0.29, 0.717) is 41.2 Å². The lowest BCUT2D eigenvalue weighted by Crippen LogP contribution is -2.12. The summed E-state index contributed by atoms with van der Waals surface area (Å²) < 4.78 is 10.3. The van der Waals surface area contributed by atoms with Crippen LogP contribution in [0.3, 0.4) is 0 Å². The Hall–Kier alpha value is -2.08. The van der Waals surface area contributed by atoms with Gasteiger partial charge in [-0.2, -0.15) is 4.98 Å². The zero-order valence-corrected chi connectivity index (χ0v) is 12.6. The van der Waals surface area contributed by atoms with E-state index in [1.807, 2.05) is 6.92 Å². The molecule has 0 aliphatic rings. The second-order valence-corrected chi connectivity index (χ2v) is 4.77. The summed E-state index contributed by atoms with van der Waals surface area (Å²) >= 11 is 6.06. The van der Waals surface area contributed by atoms with E-state index in [1.54, 1.807) is 25.1 Å². The van der Waals surface area contributed by atoms with Gasteiger partial charge in [0.15, 0.2) is 5.82 Å². The van der Waals surface area contributed by atoms with Gasteiger partial charge in [0.2, 0.25) is 11.8 Å². The highest BCUT2D eigenvalue weighted by Crippen LogP contribution is 2.27. The fraction of sp³-hybridized carbons (Fsp3) is 0.357. The molecule has 0 unspecified atom stereocenters. The molecule has 1 aromatic heterocycles. The number of hydrogen-bond donors (Lipinski definition) is 1. The molecule has 1 aromatic carbocycles. The van der Waals surface area contributed by atoms with E-state index in [4.69, 9.17) is 20.9 Å². The minimum atomic E-state index is -0.147. The fourth-order valence-electron chi connectivity index (χ4n) is 1.74. The van der Waals surface area contributed by atoms with Gasteiger partial charge in [-0.05, 0) is 32.0 Å². The van der Waals surface area contributed by atoms with E-state index in [1.165, 1.54) is 0 Å². The number of rotatable bonds is 6. The largest absolute Gasteiger partial charge is 0.492 e. The average Bonchev–Trinajstić information content (AvgIpc) is 2.86. The summed E-state index contributed by atoms with van der Waals surface area (Å²) in [6.45, 7) is 4.15. The number of ether oxygens (including phenoxy) is 1. The van der Waals surface area contributed by atoms with Crippen molar-refractivity contribution in [3.63, 3.8) is 0 Å². The molecule has 0 aliphatic heterocycles. The van der Waals surface area contributed by atoms with Crippen molar-refractivity contribution in [1.29, 1.82) is 0 Å². The van der Waals surface area contributed by atoms with Crippen LogP contribution in [0.4, 0.5) is 5.69 Å². The number of carbonyl (C=O) groups excluding carboxylic acids is 1. The van der Waals surface area contributed by atoms with Gasteiger partial charge in [0.25, 0.3) is 0 Å². The third kappa shape index (κ3) is 4.46. The van der Waals surface area contributed by atoms with Gasteiger partial charge in [0.1, 0.15) is 5.75 Å². The first-order valence-electron chi connectivity index (χ1n) is 6.60. The average molecular weight is 310 g/mol. The monoisotopic (exact) mass is 309 g/mol. The van der Waals surface area contributed by atoms with Crippen molar-refractivity contribution in [3.05, 3.63) is 34.9 Å². The minimum absolute atomic E-state index is 0.147. The van der Waals surface area contributed by atoms with E-state index in [0.717, 1.165) is 0 Å². The van der Waals surface area contributed by atoms with E-state index in [-0.39, 0.29) is 12.3 Å². The summed E-state index contributed by atoms with van der Waals surface area (Å²) in [6, 6.07) is 5.12. The number of hydrogen-bond acceptors (Lipinski definition) is 5. The van der Waals surface area contributed by atoms with Gasteiger partial charge in [-0.15, -0.1) is 0 Å². The molecule has 7 heteroatoms. The van der Waals surface area contributed by atoms with Crippen LogP contribution in [0.5, 0.6) is 5.75 Å². The molecule has 1 heterocycles. The highest BCUT2D eigenvalue weighted by Gasteiger charge is 2.09. The number of aromatic nitrogens is 2. The molecule has 112 valence electrons. The molecule has 0 saturated heterocycles. The maximum absolute atomic E-state index is 11.8. The zero-order valence-electron chi connectivity index (χ0n) is 11.9. The fourth-order valence-corrected chi connectivity index (χ4v) is 1.97. The standard InChI is InChI=1S/C14H16ClN3O3/c1-3-20-12-5-4-10(8-11(12)15)17-13(19)6-7-14-16-9(2)18-21-14/h4-5,8H,3,6-7H2,1-2H3,(H,17,19). The van der Waals surface area contributed by atoms with Gasteiger partial charge < -0.3 is 14.6 Å². The number of nitrogens with one attached hydrogen (secondary N) is 1. The second-order valence-electron chi connectivity index (χ2n) is 4.36. The van der Waals surface area contributed by atoms with Crippen molar-refractivity contribution in [2.45, 2.75) is 26.7 Å². The van der Waals surface area contributed by atoms with Gasteiger partial charge >= 0.3 is 0 Å². The molecule has 21 heavy (non-hydrogen) atoms. The third-order valence-corrected chi connectivity index (χ3v) is 2.95. The van der Waals surface area contributed by atoms with Crippen molar-refractivity contribution in [3.8, 4) is 5.75 Å². The van der Waals surface area contributed by atoms with Crippen LogP contribution in [0.15, 0.2) is 22.7 Å². The Kier molecular flexibility index (Phi) is 5.16. The molecule has 0 radical (unpaired) electrons. The van der Waals surface area contributed by atoms with Crippen molar-refractivity contribution in [2.24, 2.45) is 0 Å². The molecule has 6 nitrogen and oxygen atoms in total. The predicted octanol–water partition coefficient (Wildman–Crippen LogP) is 3.00. The number of nitrogens with zero attached hydrogens (tertiary/aromatic N) is 2. The number of anilines is 1. The van der Waals surface area contributed by atoms with Crippen molar-refractivity contribution in [1.82, 2.24) is 10.1 Å². The third-order valence-electron chi connectivity index (χ3n) is 2.65. The lowest BCUT2D eigenvalue weighted by Gasteiger charge is -2.08. The first-order chi connectivity index (χ1) is 10.1. The minimum Gasteiger partial charge on any atom is -0.492 e. The molecule has 2 rings (SSSR count). The molecular weight excluding hydrogens is 294 g/mol. The zero-order chi connectivity index (χ0) is 15.2. The second kappa shape index (κ2) is 7.08. The Morgan fingerprint density at radius 1 is 1.48 bits per heavy atom. The van der Waals surface area contributed by atoms with E-state index in [2.05, 4.69) is 15.5 Å². The Labute approximate surface area is 127 Å². The molecule has 1 amide bonds. The van der Waals surface area contributed by atoms with Gasteiger partial charge in [-0.1, -0.05) is 16.8 Å². The molecule has 0 bridgehead atoms. The normalized spacial score (nSPS) is 10.4. The van der Waals surface area contributed by atoms with Crippen molar-refractivity contribution >= 4 is 23.2 Å². The van der Waals surface area contributed by atoms with Crippen LogP contribution < -0.4 is 10.1 Å². The number of halogens is 1. The number of carbonyl (C=O) groups is 1. The predicted molar refractivity (Wildman–Crippen MR) is 78.6 cm³/mol. The van der Waals surface area contributed by atoms with Crippen LogP contribution in [0, 0.1) is 6.92 Å². The van der Waals surface area contributed by atoms with Crippen molar-refractivity contribution in [2.75, 3.05) is 11.9 Å². The van der Waals surface area contributed by atoms with Crippen LogP contribution in [-0.2, 0) is 11.2 Å². The Balaban J connectivity index is 1.88. The molecule has 0 spiro atoms. The SMILES string of the molecule is CCOc1ccc(NC(=O)CCc2nc(C)no2)cc1Cl. The summed E-state index contributed by atoms with van der Waals surface area (Å²) in [7, 11) is 0. The summed E-state index contributed by atoms with van der Waals surface area (Å²) in [4.78, 5) is 15.9. The first kappa shape index (κ1) is 15.3. The Bertz CT molecular complexity index is 628. The number of amides is 1. The maximum Gasteiger partial charge on any atom is 0.227 e. The summed E-state index contributed by atoms with van der Waals surface area (Å²) in [5, 5.41) is 6.89. The lowest BCUT2D eigenvalue weighted by molar-refractivity contribution is -0.116. The molecule has 0 atom stereocenters. The molecule has 2 aromatic rings. The highest BCUT2D eigenvalue weighted by atomic mass is 35.5. The summed E-state index contributed by atoms with van der Waals surface area (Å²) in [5.41, 5.74) is 0.621. The topological polar surface area (TPSA) is 77.2 Å². The smallest absolute Gasteiger partial charge is 0.227 e. The quantitative estimate of drug-likeness (QED) is 0.887. The van der Waals surface area contributed by atoms with Gasteiger partial charge in [-0.3, -0.25) is 4.79 Å².